The number of esters is 1. The molecule has 0 aromatic rings. The number of carbonyl (C=O) groups excluding carboxylic acids is 1. The standard InChI is InChI=1S/C33H57NO2/c1-3-5-7-9-10-14-20-30-24-19-25-31(30)21-15-11-16-23-32(22-13-8-6-4-2)33(35)36-29-28-34-26-17-12-18-27-34/h11,15,30-32H,3-10,12-13,16-19,21-29H2,1-2H3/t30-,31-,32?/m0/s1. The molecule has 2 aliphatic rings. The predicted molar refractivity (Wildman–Crippen MR) is 154 cm³/mol. The second-order valence-electron chi connectivity index (χ2n) is 11.3. The molecule has 2 fully saturated rings. The number of ether oxygens (including phenoxy) is 1. The quantitative estimate of drug-likeness (QED) is 0.0817. The summed E-state index contributed by atoms with van der Waals surface area (Å²) in [6, 6.07) is 0. The smallest absolute Gasteiger partial charge is 0.308 e. The van der Waals surface area contributed by atoms with Gasteiger partial charge in [-0.2, -0.15) is 0 Å². The van der Waals surface area contributed by atoms with E-state index in [2.05, 4.69) is 42.7 Å². The maximum atomic E-state index is 12.9. The molecule has 3 atom stereocenters. The third kappa shape index (κ3) is 13.9. The number of carbonyl (C=O) groups is 1. The number of hydrogen-bond donors (Lipinski definition) is 0. The van der Waals surface area contributed by atoms with Crippen molar-refractivity contribution in [3.63, 3.8) is 0 Å². The highest BCUT2D eigenvalue weighted by Gasteiger charge is 2.24. The zero-order valence-electron chi connectivity index (χ0n) is 23.9. The Morgan fingerprint density at radius 1 is 0.917 bits per heavy atom. The van der Waals surface area contributed by atoms with E-state index in [1.165, 1.54) is 83.5 Å². The molecule has 1 aliphatic heterocycles. The van der Waals surface area contributed by atoms with E-state index < -0.39 is 0 Å². The lowest BCUT2D eigenvalue weighted by molar-refractivity contribution is -0.149. The van der Waals surface area contributed by atoms with Gasteiger partial charge in [-0.05, 0) is 76.8 Å². The monoisotopic (exact) mass is 499 g/mol. The van der Waals surface area contributed by atoms with Crippen LogP contribution in [0.1, 0.15) is 136 Å². The first kappa shape index (κ1) is 31.0. The molecule has 206 valence electrons. The Bertz CT molecular complexity index is 640. The second-order valence-corrected chi connectivity index (χ2v) is 11.3. The average molecular weight is 500 g/mol. The SMILES string of the molecule is CCCCCCC#C[C@H]1CCC[C@@H]1CC=CCCC(CCCCCC)C(=O)OCCN1CCCCC1. The van der Waals surface area contributed by atoms with Gasteiger partial charge in [-0.3, -0.25) is 9.69 Å². The summed E-state index contributed by atoms with van der Waals surface area (Å²) in [4.78, 5) is 15.3. The Balaban J connectivity index is 1.69. The molecule has 0 aromatic heterocycles. The summed E-state index contributed by atoms with van der Waals surface area (Å²) in [7, 11) is 0. The van der Waals surface area contributed by atoms with Crippen LogP contribution < -0.4 is 0 Å². The van der Waals surface area contributed by atoms with Crippen LogP contribution in [-0.4, -0.2) is 37.1 Å². The molecule has 3 heteroatoms. The van der Waals surface area contributed by atoms with Crippen molar-refractivity contribution in [1.82, 2.24) is 4.90 Å². The van der Waals surface area contributed by atoms with E-state index in [1.807, 2.05) is 0 Å². The Kier molecular flexibility index (Phi) is 17.8. The van der Waals surface area contributed by atoms with Gasteiger partial charge in [-0.25, -0.2) is 0 Å². The van der Waals surface area contributed by atoms with Gasteiger partial charge in [0.2, 0.25) is 0 Å². The van der Waals surface area contributed by atoms with Gasteiger partial charge < -0.3 is 4.74 Å². The van der Waals surface area contributed by atoms with Crippen LogP contribution in [0.2, 0.25) is 0 Å². The summed E-state index contributed by atoms with van der Waals surface area (Å²) < 4.78 is 5.76. The Morgan fingerprint density at radius 2 is 1.69 bits per heavy atom. The molecule has 0 spiro atoms. The van der Waals surface area contributed by atoms with Crippen LogP contribution in [0.3, 0.4) is 0 Å². The van der Waals surface area contributed by atoms with Crippen molar-refractivity contribution in [2.75, 3.05) is 26.2 Å². The largest absolute Gasteiger partial charge is 0.464 e. The molecule has 0 N–H and O–H groups in total. The molecule has 1 saturated heterocycles. The van der Waals surface area contributed by atoms with E-state index in [-0.39, 0.29) is 11.9 Å². The van der Waals surface area contributed by atoms with Gasteiger partial charge in [-0.15, -0.1) is 5.92 Å². The Morgan fingerprint density at radius 3 is 2.47 bits per heavy atom. The Hall–Kier alpha value is -1.27. The van der Waals surface area contributed by atoms with Crippen molar-refractivity contribution in [3.05, 3.63) is 12.2 Å². The average Bonchev–Trinajstić information content (AvgIpc) is 3.34. The fourth-order valence-electron chi connectivity index (χ4n) is 5.81. The molecule has 1 heterocycles. The van der Waals surface area contributed by atoms with Gasteiger partial charge >= 0.3 is 5.97 Å². The number of nitrogens with zero attached hydrogens (tertiary/aromatic N) is 1. The number of piperidine rings is 1. The van der Waals surface area contributed by atoms with Crippen molar-refractivity contribution in [1.29, 1.82) is 0 Å². The summed E-state index contributed by atoms with van der Waals surface area (Å²) in [5, 5.41) is 0. The zero-order chi connectivity index (χ0) is 25.7. The molecule has 0 bridgehead atoms. The number of hydrogen-bond acceptors (Lipinski definition) is 3. The van der Waals surface area contributed by atoms with E-state index in [9.17, 15) is 4.79 Å². The summed E-state index contributed by atoms with van der Waals surface area (Å²) in [5.41, 5.74) is 0. The van der Waals surface area contributed by atoms with E-state index in [1.54, 1.807) is 0 Å². The topological polar surface area (TPSA) is 29.5 Å². The Labute approximate surface area is 224 Å². The molecule has 2 rings (SSSR count). The lowest BCUT2D eigenvalue weighted by Gasteiger charge is -2.26. The third-order valence-electron chi connectivity index (χ3n) is 8.23. The van der Waals surface area contributed by atoms with Crippen LogP contribution >= 0.6 is 0 Å². The van der Waals surface area contributed by atoms with E-state index in [0.717, 1.165) is 64.1 Å². The molecule has 1 saturated carbocycles. The molecule has 36 heavy (non-hydrogen) atoms. The van der Waals surface area contributed by atoms with E-state index >= 15 is 0 Å². The first-order valence-electron chi connectivity index (χ1n) is 15.8. The van der Waals surface area contributed by atoms with Crippen LogP contribution in [0.4, 0.5) is 0 Å². The second kappa shape index (κ2) is 20.7. The minimum absolute atomic E-state index is 0.0435. The van der Waals surface area contributed by atoms with E-state index in [4.69, 9.17) is 4.74 Å². The lowest BCUT2D eigenvalue weighted by Crippen LogP contribution is -2.33. The maximum Gasteiger partial charge on any atom is 0.308 e. The van der Waals surface area contributed by atoms with Gasteiger partial charge in [-0.1, -0.05) is 89.7 Å². The lowest BCUT2D eigenvalue weighted by atomic mass is 9.92. The number of likely N-dealkylation sites (tertiary alicyclic amines) is 1. The third-order valence-corrected chi connectivity index (χ3v) is 8.23. The van der Waals surface area contributed by atoms with Gasteiger partial charge in [0, 0.05) is 18.9 Å². The fourth-order valence-corrected chi connectivity index (χ4v) is 5.81. The number of unbranched alkanes of at least 4 members (excludes halogenated alkanes) is 7. The van der Waals surface area contributed by atoms with Crippen molar-refractivity contribution in [3.8, 4) is 11.8 Å². The highest BCUT2D eigenvalue weighted by atomic mass is 16.5. The van der Waals surface area contributed by atoms with Crippen LogP contribution in [0.25, 0.3) is 0 Å². The maximum absolute atomic E-state index is 12.9. The summed E-state index contributed by atoms with van der Waals surface area (Å²) in [6.45, 7) is 8.29. The van der Waals surface area contributed by atoms with Gasteiger partial charge in [0.25, 0.3) is 0 Å². The summed E-state index contributed by atoms with van der Waals surface area (Å²) >= 11 is 0. The highest BCUT2D eigenvalue weighted by molar-refractivity contribution is 5.72. The molecule has 1 unspecified atom stereocenters. The number of allylic oxidation sites excluding steroid dienone is 2. The molecular formula is C33H57NO2. The molecular weight excluding hydrogens is 442 g/mol. The molecule has 0 radical (unpaired) electrons. The number of rotatable bonds is 18. The van der Waals surface area contributed by atoms with Crippen molar-refractivity contribution in [2.24, 2.45) is 17.8 Å². The summed E-state index contributed by atoms with van der Waals surface area (Å²) in [6.07, 6.45) is 27.8. The van der Waals surface area contributed by atoms with Crippen molar-refractivity contribution in [2.45, 2.75) is 136 Å². The highest BCUT2D eigenvalue weighted by Crippen LogP contribution is 2.34. The minimum atomic E-state index is 0.0435. The van der Waals surface area contributed by atoms with Crippen LogP contribution in [0, 0.1) is 29.6 Å². The van der Waals surface area contributed by atoms with Crippen molar-refractivity contribution < 1.29 is 9.53 Å². The normalized spacial score (nSPS) is 21.4. The van der Waals surface area contributed by atoms with Crippen molar-refractivity contribution >= 4 is 5.97 Å². The molecule has 0 amide bonds. The molecule has 0 aromatic carbocycles. The minimum Gasteiger partial charge on any atom is -0.464 e. The van der Waals surface area contributed by atoms with Gasteiger partial charge in [0.15, 0.2) is 0 Å². The molecule has 3 nitrogen and oxygen atoms in total. The summed E-state index contributed by atoms with van der Waals surface area (Å²) in [5.74, 6) is 8.53. The first-order chi connectivity index (χ1) is 17.7. The van der Waals surface area contributed by atoms with Crippen LogP contribution in [0.15, 0.2) is 12.2 Å². The molecule has 1 aliphatic carbocycles. The van der Waals surface area contributed by atoms with Crippen LogP contribution in [-0.2, 0) is 9.53 Å². The van der Waals surface area contributed by atoms with E-state index in [0.29, 0.717) is 12.5 Å². The van der Waals surface area contributed by atoms with Gasteiger partial charge in [0.1, 0.15) is 6.61 Å². The zero-order valence-corrected chi connectivity index (χ0v) is 23.9. The van der Waals surface area contributed by atoms with Crippen LogP contribution in [0.5, 0.6) is 0 Å². The fraction of sp³-hybridized carbons (Fsp3) is 0.848. The first-order valence-corrected chi connectivity index (χ1v) is 15.8. The predicted octanol–water partition coefficient (Wildman–Crippen LogP) is 8.72. The van der Waals surface area contributed by atoms with Gasteiger partial charge in [0.05, 0.1) is 5.92 Å².